The maximum absolute atomic E-state index is 13.5. The minimum absolute atomic E-state index is 0.0543. The van der Waals surface area contributed by atoms with Gasteiger partial charge in [0.05, 0.1) is 11.8 Å². The third-order valence-corrected chi connectivity index (χ3v) is 3.24. The predicted molar refractivity (Wildman–Crippen MR) is 73.1 cm³/mol. The first-order valence-electron chi connectivity index (χ1n) is 5.87. The Balaban J connectivity index is 2.31. The fourth-order valence-electron chi connectivity index (χ4n) is 1.74. The normalized spacial score (nSPS) is 12.2. The van der Waals surface area contributed by atoms with Crippen molar-refractivity contribution in [3.8, 4) is 11.1 Å². The Morgan fingerprint density at radius 2 is 1.73 bits per heavy atom. The van der Waals surface area contributed by atoms with Gasteiger partial charge in [-0.25, -0.2) is 17.8 Å². The molecule has 2 aromatic rings. The van der Waals surface area contributed by atoms with Crippen LogP contribution in [0.2, 0.25) is 0 Å². The molecule has 0 saturated carbocycles. The molecule has 0 amide bonds. The second kappa shape index (κ2) is 5.56. The quantitative estimate of drug-likeness (QED) is 0.877. The Bertz CT molecular complexity index is 787. The van der Waals surface area contributed by atoms with E-state index in [1.165, 1.54) is 18.3 Å². The number of hydrogen-bond donors (Lipinski definition) is 1. The van der Waals surface area contributed by atoms with E-state index in [-0.39, 0.29) is 11.4 Å². The number of pyridine rings is 1. The van der Waals surface area contributed by atoms with Crippen molar-refractivity contribution in [2.45, 2.75) is 6.18 Å². The molecule has 0 bridgehead atoms. The predicted octanol–water partition coefficient (Wildman–Crippen LogP) is 3.28. The maximum atomic E-state index is 13.5. The van der Waals surface area contributed by atoms with Crippen LogP contribution in [-0.2, 0) is 16.2 Å². The summed E-state index contributed by atoms with van der Waals surface area (Å²) in [5.41, 5.74) is -0.796. The molecular formula is C13H10F4N2O2S. The highest BCUT2D eigenvalue weighted by atomic mass is 32.2. The first-order valence-corrected chi connectivity index (χ1v) is 7.76. The molecule has 4 nitrogen and oxygen atoms in total. The van der Waals surface area contributed by atoms with Crippen molar-refractivity contribution >= 4 is 15.8 Å². The van der Waals surface area contributed by atoms with Crippen LogP contribution < -0.4 is 4.72 Å². The zero-order chi connectivity index (χ0) is 16.5. The van der Waals surface area contributed by atoms with Crippen molar-refractivity contribution in [2.75, 3.05) is 11.0 Å². The smallest absolute Gasteiger partial charge is 0.268 e. The summed E-state index contributed by atoms with van der Waals surface area (Å²) < 4.78 is 75.1. The molecule has 0 unspecified atom stereocenters. The van der Waals surface area contributed by atoms with E-state index >= 15 is 0 Å². The summed E-state index contributed by atoms with van der Waals surface area (Å²) in [6, 6.07) is 5.26. The van der Waals surface area contributed by atoms with Gasteiger partial charge in [-0.2, -0.15) is 13.2 Å². The van der Waals surface area contributed by atoms with Gasteiger partial charge in [-0.1, -0.05) is 6.07 Å². The molecule has 1 aromatic heterocycles. The molecule has 0 spiro atoms. The third-order valence-electron chi connectivity index (χ3n) is 2.66. The van der Waals surface area contributed by atoms with Gasteiger partial charge >= 0.3 is 6.18 Å². The van der Waals surface area contributed by atoms with E-state index in [9.17, 15) is 26.0 Å². The SMILES string of the molecule is CS(=O)(=O)Nc1ccc(-c2ccc(C(F)(F)F)c(F)c2)cn1. The van der Waals surface area contributed by atoms with Crippen LogP contribution in [0.1, 0.15) is 5.56 Å². The molecule has 1 heterocycles. The van der Waals surface area contributed by atoms with Crippen LogP contribution in [0.5, 0.6) is 0 Å². The van der Waals surface area contributed by atoms with Crippen molar-refractivity contribution in [3.05, 3.63) is 47.9 Å². The van der Waals surface area contributed by atoms with Crippen LogP contribution in [0.15, 0.2) is 36.5 Å². The molecule has 9 heteroatoms. The zero-order valence-electron chi connectivity index (χ0n) is 11.1. The number of benzene rings is 1. The summed E-state index contributed by atoms with van der Waals surface area (Å²) in [4.78, 5) is 3.81. The number of hydrogen-bond acceptors (Lipinski definition) is 3. The lowest BCUT2D eigenvalue weighted by molar-refractivity contribution is -0.139. The fraction of sp³-hybridized carbons (Fsp3) is 0.154. The van der Waals surface area contributed by atoms with Crippen molar-refractivity contribution in [3.63, 3.8) is 0 Å². The number of halogens is 4. The van der Waals surface area contributed by atoms with Gasteiger partial charge in [0.2, 0.25) is 10.0 Å². The molecular weight excluding hydrogens is 324 g/mol. The fourth-order valence-corrected chi connectivity index (χ4v) is 2.24. The van der Waals surface area contributed by atoms with Crippen LogP contribution in [0.4, 0.5) is 23.4 Å². The van der Waals surface area contributed by atoms with Crippen molar-refractivity contribution in [2.24, 2.45) is 0 Å². The first-order chi connectivity index (χ1) is 10.1. The summed E-state index contributed by atoms with van der Waals surface area (Å²) in [6.45, 7) is 0. The molecule has 0 fully saturated rings. The molecule has 0 radical (unpaired) electrons. The maximum Gasteiger partial charge on any atom is 0.419 e. The van der Waals surface area contributed by atoms with Gasteiger partial charge in [0.15, 0.2) is 0 Å². The summed E-state index contributed by atoms with van der Waals surface area (Å²) >= 11 is 0. The van der Waals surface area contributed by atoms with Gasteiger partial charge in [0.1, 0.15) is 11.6 Å². The van der Waals surface area contributed by atoms with Gasteiger partial charge in [0.25, 0.3) is 0 Å². The Morgan fingerprint density at radius 1 is 1.09 bits per heavy atom. The van der Waals surface area contributed by atoms with E-state index in [4.69, 9.17) is 0 Å². The number of rotatable bonds is 3. The van der Waals surface area contributed by atoms with E-state index in [0.717, 1.165) is 18.4 Å². The van der Waals surface area contributed by atoms with Crippen LogP contribution in [-0.4, -0.2) is 19.7 Å². The van der Waals surface area contributed by atoms with Crippen LogP contribution in [0, 0.1) is 5.82 Å². The number of nitrogens with zero attached hydrogens (tertiary/aromatic N) is 1. The third kappa shape index (κ3) is 3.94. The number of nitrogens with one attached hydrogen (secondary N) is 1. The lowest BCUT2D eigenvalue weighted by Crippen LogP contribution is -2.10. The molecule has 118 valence electrons. The molecule has 0 atom stereocenters. The van der Waals surface area contributed by atoms with E-state index in [2.05, 4.69) is 9.71 Å². The van der Waals surface area contributed by atoms with Gasteiger partial charge in [0, 0.05) is 11.8 Å². The largest absolute Gasteiger partial charge is 0.419 e. The second-order valence-corrected chi connectivity index (χ2v) is 6.25. The molecule has 1 aromatic carbocycles. The van der Waals surface area contributed by atoms with Crippen LogP contribution in [0.3, 0.4) is 0 Å². The molecule has 0 aliphatic carbocycles. The summed E-state index contributed by atoms with van der Waals surface area (Å²) in [5, 5.41) is 0. The summed E-state index contributed by atoms with van der Waals surface area (Å²) in [6.07, 6.45) is -2.58. The Hall–Kier alpha value is -2.16. The standard InChI is InChI=1S/C13H10F4N2O2S/c1-22(20,21)19-12-5-3-9(7-18-12)8-2-4-10(11(14)6-8)13(15,16)17/h2-7H,1H3,(H,18,19). The molecule has 22 heavy (non-hydrogen) atoms. The highest BCUT2D eigenvalue weighted by Gasteiger charge is 2.33. The van der Waals surface area contributed by atoms with Crippen molar-refractivity contribution in [1.29, 1.82) is 0 Å². The van der Waals surface area contributed by atoms with Crippen molar-refractivity contribution < 1.29 is 26.0 Å². The monoisotopic (exact) mass is 334 g/mol. The van der Waals surface area contributed by atoms with Crippen LogP contribution in [0.25, 0.3) is 11.1 Å². The van der Waals surface area contributed by atoms with E-state index < -0.39 is 27.6 Å². The number of aromatic nitrogens is 1. The number of alkyl halides is 3. The minimum Gasteiger partial charge on any atom is -0.268 e. The Labute approximate surface area is 123 Å². The van der Waals surface area contributed by atoms with Crippen molar-refractivity contribution in [1.82, 2.24) is 4.98 Å². The van der Waals surface area contributed by atoms with E-state index in [0.29, 0.717) is 11.6 Å². The molecule has 0 aliphatic rings. The molecule has 1 N–H and O–H groups in total. The lowest BCUT2D eigenvalue weighted by atomic mass is 10.0. The number of sulfonamides is 1. The zero-order valence-corrected chi connectivity index (χ0v) is 12.0. The average molecular weight is 334 g/mol. The highest BCUT2D eigenvalue weighted by molar-refractivity contribution is 7.92. The number of anilines is 1. The molecule has 0 saturated heterocycles. The van der Waals surface area contributed by atoms with Gasteiger partial charge in [-0.3, -0.25) is 4.72 Å². The van der Waals surface area contributed by atoms with E-state index in [1.807, 2.05) is 0 Å². The van der Waals surface area contributed by atoms with Gasteiger partial charge < -0.3 is 0 Å². The molecule has 0 aliphatic heterocycles. The average Bonchev–Trinajstić information content (AvgIpc) is 2.36. The summed E-state index contributed by atoms with van der Waals surface area (Å²) in [5.74, 6) is -1.33. The topological polar surface area (TPSA) is 59.1 Å². The Morgan fingerprint density at radius 3 is 2.18 bits per heavy atom. The van der Waals surface area contributed by atoms with Gasteiger partial charge in [-0.15, -0.1) is 0 Å². The first kappa shape index (κ1) is 16.2. The molecule has 2 rings (SSSR count). The second-order valence-electron chi connectivity index (χ2n) is 4.50. The highest BCUT2D eigenvalue weighted by Crippen LogP contribution is 2.33. The van der Waals surface area contributed by atoms with Gasteiger partial charge in [-0.05, 0) is 29.8 Å². The minimum atomic E-state index is -4.76. The lowest BCUT2D eigenvalue weighted by Gasteiger charge is -2.10. The van der Waals surface area contributed by atoms with E-state index in [1.54, 1.807) is 0 Å². The van der Waals surface area contributed by atoms with Crippen LogP contribution >= 0.6 is 0 Å². The Kier molecular flexibility index (Phi) is 4.10. The summed E-state index contributed by atoms with van der Waals surface area (Å²) in [7, 11) is -3.48.